The lowest BCUT2D eigenvalue weighted by molar-refractivity contribution is 0.151. The minimum Gasteiger partial charge on any atom is -0.205 e. The second-order valence-electron chi connectivity index (χ2n) is 3.05. The molecule has 0 aromatic heterocycles. The van der Waals surface area contributed by atoms with Gasteiger partial charge in [-0.05, 0) is 51.6 Å². The molecule has 0 spiro atoms. The van der Waals surface area contributed by atoms with Gasteiger partial charge in [-0.1, -0.05) is 18.2 Å². The number of fused-ring (bicyclic) bond motifs is 1. The Morgan fingerprint density at radius 1 is 0.929 bits per heavy atom. The van der Waals surface area contributed by atoms with Crippen molar-refractivity contribution in [1.29, 1.82) is 0 Å². The van der Waals surface area contributed by atoms with Crippen LogP contribution in [0.1, 0.15) is 12.0 Å². The first-order chi connectivity index (χ1) is 6.66. The maximum Gasteiger partial charge on any atom is 0.263 e. The van der Waals surface area contributed by atoms with Crippen molar-refractivity contribution in [2.75, 3.05) is 0 Å². The SMILES string of the molecule is FC(F)c1ccc2ccc(I)cc2c1. The molecule has 0 radical (unpaired) electrons. The lowest BCUT2D eigenvalue weighted by Crippen LogP contribution is -1.84. The van der Waals surface area contributed by atoms with E-state index >= 15 is 0 Å². The van der Waals surface area contributed by atoms with Gasteiger partial charge in [0.05, 0.1) is 0 Å². The van der Waals surface area contributed by atoms with E-state index in [1.165, 1.54) is 6.07 Å². The molecular weight excluding hydrogens is 297 g/mol. The number of hydrogen-bond acceptors (Lipinski definition) is 0. The van der Waals surface area contributed by atoms with Crippen molar-refractivity contribution in [3.8, 4) is 0 Å². The van der Waals surface area contributed by atoms with Crippen molar-refractivity contribution in [1.82, 2.24) is 0 Å². The maximum atomic E-state index is 12.4. The highest BCUT2D eigenvalue weighted by Crippen LogP contribution is 2.24. The third-order valence-electron chi connectivity index (χ3n) is 2.08. The fourth-order valence-electron chi connectivity index (χ4n) is 1.37. The van der Waals surface area contributed by atoms with Crippen LogP contribution < -0.4 is 0 Å². The number of hydrogen-bond donors (Lipinski definition) is 0. The van der Waals surface area contributed by atoms with Gasteiger partial charge in [-0.3, -0.25) is 0 Å². The highest BCUT2D eigenvalue weighted by atomic mass is 127. The Labute approximate surface area is 94.1 Å². The molecule has 0 aliphatic carbocycles. The zero-order valence-corrected chi connectivity index (χ0v) is 9.33. The van der Waals surface area contributed by atoms with Crippen molar-refractivity contribution >= 4 is 33.4 Å². The molecule has 0 nitrogen and oxygen atoms in total. The molecule has 0 saturated carbocycles. The molecule has 72 valence electrons. The fraction of sp³-hybridized carbons (Fsp3) is 0.0909. The molecule has 0 unspecified atom stereocenters. The third kappa shape index (κ3) is 1.87. The first kappa shape index (κ1) is 9.83. The van der Waals surface area contributed by atoms with E-state index in [4.69, 9.17) is 0 Å². The van der Waals surface area contributed by atoms with E-state index in [0.717, 1.165) is 14.3 Å². The van der Waals surface area contributed by atoms with Gasteiger partial charge >= 0.3 is 0 Å². The smallest absolute Gasteiger partial charge is 0.205 e. The lowest BCUT2D eigenvalue weighted by Gasteiger charge is -2.02. The Morgan fingerprint density at radius 2 is 1.64 bits per heavy atom. The largest absolute Gasteiger partial charge is 0.263 e. The topological polar surface area (TPSA) is 0 Å². The van der Waals surface area contributed by atoms with E-state index < -0.39 is 6.43 Å². The zero-order valence-electron chi connectivity index (χ0n) is 7.18. The normalized spacial score (nSPS) is 11.1. The Bertz CT molecular complexity index is 466. The molecule has 2 rings (SSSR count). The second kappa shape index (κ2) is 3.81. The summed E-state index contributed by atoms with van der Waals surface area (Å²) in [5.74, 6) is 0. The van der Waals surface area contributed by atoms with E-state index in [0.29, 0.717) is 0 Å². The molecule has 0 aliphatic rings. The summed E-state index contributed by atoms with van der Waals surface area (Å²) in [5.41, 5.74) is 0.0829. The molecule has 0 bridgehead atoms. The standard InChI is InChI=1S/C11H7F2I/c12-11(13)8-2-1-7-3-4-10(14)6-9(7)5-8/h1-6,11H. The van der Waals surface area contributed by atoms with Crippen LogP contribution in [0.2, 0.25) is 0 Å². The lowest BCUT2D eigenvalue weighted by atomic mass is 10.1. The summed E-state index contributed by atoms with van der Waals surface area (Å²) in [6, 6.07) is 10.5. The van der Waals surface area contributed by atoms with Gasteiger partial charge in [0.1, 0.15) is 0 Å². The molecule has 0 aliphatic heterocycles. The van der Waals surface area contributed by atoms with Crippen molar-refractivity contribution in [3.05, 3.63) is 45.5 Å². The summed E-state index contributed by atoms with van der Waals surface area (Å²) in [6.45, 7) is 0. The Kier molecular flexibility index (Phi) is 2.67. The summed E-state index contributed by atoms with van der Waals surface area (Å²) in [5, 5.41) is 1.87. The molecule has 14 heavy (non-hydrogen) atoms. The molecule has 0 N–H and O–H groups in total. The maximum absolute atomic E-state index is 12.4. The minimum absolute atomic E-state index is 0.0829. The van der Waals surface area contributed by atoms with Crippen molar-refractivity contribution < 1.29 is 8.78 Å². The number of benzene rings is 2. The Morgan fingerprint density at radius 3 is 2.36 bits per heavy atom. The van der Waals surface area contributed by atoms with Crippen molar-refractivity contribution in [2.45, 2.75) is 6.43 Å². The van der Waals surface area contributed by atoms with E-state index in [2.05, 4.69) is 22.6 Å². The van der Waals surface area contributed by atoms with Crippen LogP contribution in [0.3, 0.4) is 0 Å². The Balaban J connectivity index is 2.63. The van der Waals surface area contributed by atoms with Crippen LogP contribution in [0.15, 0.2) is 36.4 Å². The van der Waals surface area contributed by atoms with Gasteiger partial charge in [0.15, 0.2) is 0 Å². The monoisotopic (exact) mass is 304 g/mol. The summed E-state index contributed by atoms with van der Waals surface area (Å²) in [7, 11) is 0. The van der Waals surface area contributed by atoms with Crippen LogP contribution in [0.4, 0.5) is 8.78 Å². The van der Waals surface area contributed by atoms with Crippen LogP contribution in [-0.4, -0.2) is 0 Å². The highest BCUT2D eigenvalue weighted by Gasteiger charge is 2.06. The molecule has 3 heteroatoms. The van der Waals surface area contributed by atoms with Gasteiger partial charge in [-0.2, -0.15) is 0 Å². The molecule has 0 fully saturated rings. The predicted molar refractivity (Wildman–Crippen MR) is 61.6 cm³/mol. The molecular formula is C11H7F2I. The first-order valence-corrected chi connectivity index (χ1v) is 5.22. The van der Waals surface area contributed by atoms with Gasteiger partial charge in [-0.25, -0.2) is 8.78 Å². The predicted octanol–water partition coefficient (Wildman–Crippen LogP) is 4.38. The second-order valence-corrected chi connectivity index (χ2v) is 4.30. The Hall–Kier alpha value is -0.710. The van der Waals surface area contributed by atoms with Gasteiger partial charge in [0.2, 0.25) is 0 Å². The summed E-state index contributed by atoms with van der Waals surface area (Å²) in [4.78, 5) is 0. The van der Waals surface area contributed by atoms with Crippen LogP contribution in [0.25, 0.3) is 10.8 Å². The molecule has 0 heterocycles. The number of rotatable bonds is 1. The molecule has 0 amide bonds. The van der Waals surface area contributed by atoms with E-state index in [-0.39, 0.29) is 5.56 Å². The van der Waals surface area contributed by atoms with Gasteiger partial charge in [0.25, 0.3) is 6.43 Å². The minimum atomic E-state index is -2.39. The fourth-order valence-corrected chi connectivity index (χ4v) is 1.89. The third-order valence-corrected chi connectivity index (χ3v) is 2.75. The van der Waals surface area contributed by atoms with Crippen LogP contribution in [-0.2, 0) is 0 Å². The van der Waals surface area contributed by atoms with Crippen molar-refractivity contribution in [3.63, 3.8) is 0 Å². The average Bonchev–Trinajstić information content (AvgIpc) is 2.16. The molecule has 0 atom stereocenters. The molecule has 2 aromatic rings. The van der Waals surface area contributed by atoms with Gasteiger partial charge in [0, 0.05) is 9.13 Å². The van der Waals surface area contributed by atoms with Crippen LogP contribution >= 0.6 is 22.6 Å². The first-order valence-electron chi connectivity index (χ1n) is 4.14. The highest BCUT2D eigenvalue weighted by molar-refractivity contribution is 14.1. The molecule has 0 saturated heterocycles. The van der Waals surface area contributed by atoms with Gasteiger partial charge in [-0.15, -0.1) is 0 Å². The number of halogens is 3. The van der Waals surface area contributed by atoms with Gasteiger partial charge < -0.3 is 0 Å². The number of alkyl halides is 2. The van der Waals surface area contributed by atoms with E-state index in [1.54, 1.807) is 12.1 Å². The average molecular weight is 304 g/mol. The summed E-state index contributed by atoms with van der Waals surface area (Å²) < 4.78 is 25.8. The zero-order chi connectivity index (χ0) is 10.1. The summed E-state index contributed by atoms with van der Waals surface area (Å²) in [6.07, 6.45) is -2.39. The molecule has 2 aromatic carbocycles. The van der Waals surface area contributed by atoms with Crippen LogP contribution in [0, 0.1) is 3.57 Å². The van der Waals surface area contributed by atoms with Crippen molar-refractivity contribution in [2.24, 2.45) is 0 Å². The van der Waals surface area contributed by atoms with E-state index in [1.807, 2.05) is 18.2 Å². The van der Waals surface area contributed by atoms with E-state index in [9.17, 15) is 8.78 Å². The quantitative estimate of drug-likeness (QED) is 0.686. The summed E-state index contributed by atoms with van der Waals surface area (Å²) >= 11 is 2.17. The van der Waals surface area contributed by atoms with Crippen LogP contribution in [0.5, 0.6) is 0 Å².